The van der Waals surface area contributed by atoms with Crippen LogP contribution in [-0.4, -0.2) is 0 Å². The van der Waals surface area contributed by atoms with E-state index in [4.69, 9.17) is 0 Å². The van der Waals surface area contributed by atoms with Gasteiger partial charge in [0.1, 0.15) is 0 Å². The van der Waals surface area contributed by atoms with Crippen molar-refractivity contribution in [2.24, 2.45) is 11.8 Å². The number of fused-ring (bicyclic) bond motifs is 7. The molecule has 0 bridgehead atoms. The van der Waals surface area contributed by atoms with Crippen LogP contribution >= 0.6 is 11.3 Å². The average Bonchev–Trinajstić information content (AvgIpc) is 3.90. The molecule has 2 aliphatic rings. The van der Waals surface area contributed by atoms with E-state index in [1.165, 1.54) is 82.4 Å². The Morgan fingerprint density at radius 1 is 0.625 bits per heavy atom. The summed E-state index contributed by atoms with van der Waals surface area (Å²) in [6.45, 7) is 2.27. The lowest BCUT2D eigenvalue weighted by atomic mass is 9.91. The van der Waals surface area contributed by atoms with Gasteiger partial charge in [0, 0.05) is 20.2 Å². The number of benzene rings is 6. The van der Waals surface area contributed by atoms with Crippen LogP contribution in [-0.2, 0) is 6.42 Å². The molecule has 0 nitrogen and oxygen atoms in total. The maximum Gasteiger partial charge on any atom is 0.0434 e. The van der Waals surface area contributed by atoms with Gasteiger partial charge in [-0.3, -0.25) is 0 Å². The van der Waals surface area contributed by atoms with Gasteiger partial charge in [0.05, 0.1) is 0 Å². The van der Waals surface area contributed by atoms with Gasteiger partial charge in [-0.2, -0.15) is 0 Å². The van der Waals surface area contributed by atoms with Crippen molar-refractivity contribution in [2.45, 2.75) is 32.1 Å². The summed E-state index contributed by atoms with van der Waals surface area (Å²) < 4.78 is 2.85. The first-order valence-electron chi connectivity index (χ1n) is 14.8. The van der Waals surface area contributed by atoms with Gasteiger partial charge in [0.2, 0.25) is 0 Å². The number of rotatable bonds is 5. The Kier molecular flexibility index (Phi) is 4.87. The predicted octanol–water partition coefficient (Wildman–Crippen LogP) is 11.4. The van der Waals surface area contributed by atoms with Crippen LogP contribution in [0.3, 0.4) is 0 Å². The number of thiophene rings is 1. The van der Waals surface area contributed by atoms with Crippen LogP contribution in [0.5, 0.6) is 0 Å². The molecule has 0 radical (unpaired) electrons. The number of hydrogen-bond donors (Lipinski definition) is 0. The molecule has 2 saturated carbocycles. The molecule has 0 spiro atoms. The van der Waals surface area contributed by atoms with E-state index in [0.717, 1.165) is 24.2 Å². The molecule has 9 rings (SSSR count). The Morgan fingerprint density at radius 2 is 1.35 bits per heavy atom. The van der Waals surface area contributed by atoms with Gasteiger partial charge in [-0.25, -0.2) is 0 Å². The van der Waals surface area contributed by atoms with Gasteiger partial charge >= 0.3 is 0 Å². The third kappa shape index (κ3) is 3.44. The highest BCUT2D eigenvalue weighted by atomic mass is 32.1. The van der Waals surface area contributed by atoms with Gasteiger partial charge in [0.25, 0.3) is 0 Å². The van der Waals surface area contributed by atoms with E-state index >= 15 is 0 Å². The summed E-state index contributed by atoms with van der Waals surface area (Å²) >= 11 is 1.97. The van der Waals surface area contributed by atoms with E-state index in [1.807, 2.05) is 11.3 Å². The molecular weight excluding hydrogens is 500 g/mol. The van der Waals surface area contributed by atoms with Gasteiger partial charge in [-0.1, -0.05) is 92.2 Å². The Bertz CT molecular complexity index is 2100. The highest BCUT2D eigenvalue weighted by Gasteiger charge is 2.64. The molecule has 1 heterocycles. The first-order chi connectivity index (χ1) is 19.8. The molecule has 2 atom stereocenters. The fourth-order valence-corrected chi connectivity index (χ4v) is 8.39. The zero-order valence-electron chi connectivity index (χ0n) is 22.7. The third-order valence-corrected chi connectivity index (χ3v) is 10.7. The molecule has 40 heavy (non-hydrogen) atoms. The number of aryl methyl sites for hydroxylation is 1. The second-order valence-corrected chi connectivity index (χ2v) is 13.0. The van der Waals surface area contributed by atoms with Crippen molar-refractivity contribution in [3.05, 3.63) is 120 Å². The topological polar surface area (TPSA) is 0 Å². The van der Waals surface area contributed by atoms with Gasteiger partial charge in [-0.15, -0.1) is 11.3 Å². The highest BCUT2D eigenvalue weighted by Crippen LogP contribution is 2.73. The van der Waals surface area contributed by atoms with E-state index < -0.39 is 0 Å². The minimum atomic E-state index is 0.792. The maximum atomic E-state index is 2.54. The standard InChI is InChI=1S/C39H30S/c1-2-7-23-12-17-37-33(18-23)36-21-27(38-34-22-35(34)38)20-32(39(36)40-37)25-15-13-24(14-16-25)31-19-26-8-3-4-9-28(26)29-10-5-6-11-30(29)31/h3-6,8-21,34-35,38H,2,7,22H2,1H3. The predicted molar refractivity (Wildman–Crippen MR) is 174 cm³/mol. The maximum absolute atomic E-state index is 2.54. The van der Waals surface area contributed by atoms with Crippen molar-refractivity contribution < 1.29 is 0 Å². The molecule has 2 unspecified atom stereocenters. The molecule has 7 aromatic rings. The molecule has 2 fully saturated rings. The third-order valence-electron chi connectivity index (χ3n) is 9.53. The zero-order chi connectivity index (χ0) is 26.4. The second-order valence-electron chi connectivity index (χ2n) is 12.0. The van der Waals surface area contributed by atoms with Gasteiger partial charge in [0.15, 0.2) is 0 Å². The van der Waals surface area contributed by atoms with Gasteiger partial charge in [-0.05, 0) is 116 Å². The minimum Gasteiger partial charge on any atom is -0.135 e. The first-order valence-corrected chi connectivity index (χ1v) is 15.6. The molecule has 0 N–H and O–H groups in total. The van der Waals surface area contributed by atoms with Crippen LogP contribution in [0, 0.1) is 11.8 Å². The van der Waals surface area contributed by atoms with Crippen molar-refractivity contribution in [3.8, 4) is 22.3 Å². The summed E-state index contributed by atoms with van der Waals surface area (Å²) in [6.07, 6.45) is 3.78. The Balaban J connectivity index is 1.21. The summed E-state index contributed by atoms with van der Waals surface area (Å²) in [5.41, 5.74) is 8.35. The van der Waals surface area contributed by atoms with Crippen molar-refractivity contribution in [1.29, 1.82) is 0 Å². The monoisotopic (exact) mass is 530 g/mol. The Morgan fingerprint density at radius 3 is 2.10 bits per heavy atom. The lowest BCUT2D eigenvalue weighted by molar-refractivity contribution is 0.780. The Hall–Kier alpha value is -3.94. The molecule has 1 heteroatoms. The molecule has 0 saturated heterocycles. The van der Waals surface area contributed by atoms with E-state index in [-0.39, 0.29) is 0 Å². The van der Waals surface area contributed by atoms with E-state index in [0.29, 0.717) is 0 Å². The first kappa shape index (κ1) is 22.8. The second kappa shape index (κ2) is 8.53. The van der Waals surface area contributed by atoms with Crippen molar-refractivity contribution in [1.82, 2.24) is 0 Å². The van der Waals surface area contributed by atoms with Crippen LogP contribution < -0.4 is 0 Å². The number of hydrogen-bond acceptors (Lipinski definition) is 1. The lowest BCUT2D eigenvalue weighted by Gasteiger charge is -2.13. The summed E-state index contributed by atoms with van der Waals surface area (Å²) in [7, 11) is 0. The fourth-order valence-electron chi connectivity index (χ4n) is 7.19. The van der Waals surface area contributed by atoms with Crippen LogP contribution in [0.1, 0.15) is 36.8 Å². The van der Waals surface area contributed by atoms with Crippen molar-refractivity contribution in [2.75, 3.05) is 0 Å². The largest absolute Gasteiger partial charge is 0.135 e. The highest BCUT2D eigenvalue weighted by molar-refractivity contribution is 7.26. The zero-order valence-corrected chi connectivity index (χ0v) is 23.5. The lowest BCUT2D eigenvalue weighted by Crippen LogP contribution is -1.91. The SMILES string of the molecule is CCCc1ccc2sc3c(-c4ccc(-c5cc6ccccc6c6ccccc56)cc4)cc(C4C5CC54)cc3c2c1. The summed E-state index contributed by atoms with van der Waals surface area (Å²) in [5.74, 6) is 2.70. The van der Waals surface area contributed by atoms with E-state index in [2.05, 4.69) is 116 Å². The Labute approximate surface area is 238 Å². The fraction of sp³-hybridized carbons (Fsp3) is 0.179. The minimum absolute atomic E-state index is 0.792. The molecule has 1 aromatic heterocycles. The molecule has 192 valence electrons. The van der Waals surface area contributed by atoms with Gasteiger partial charge < -0.3 is 0 Å². The van der Waals surface area contributed by atoms with E-state index in [1.54, 1.807) is 5.56 Å². The van der Waals surface area contributed by atoms with Crippen LogP contribution in [0.15, 0.2) is 109 Å². The molecule has 6 aromatic carbocycles. The van der Waals surface area contributed by atoms with Crippen LogP contribution in [0.4, 0.5) is 0 Å². The molecule has 0 amide bonds. The average molecular weight is 531 g/mol. The van der Waals surface area contributed by atoms with E-state index in [9.17, 15) is 0 Å². The smallest absolute Gasteiger partial charge is 0.0434 e. The quantitative estimate of drug-likeness (QED) is 0.194. The van der Waals surface area contributed by atoms with Crippen LogP contribution in [0.2, 0.25) is 0 Å². The molecule has 0 aliphatic heterocycles. The summed E-state index contributed by atoms with van der Waals surface area (Å²) in [6, 6.07) is 41.6. The molecular formula is C39H30S. The molecule has 2 aliphatic carbocycles. The van der Waals surface area contributed by atoms with Crippen molar-refractivity contribution in [3.63, 3.8) is 0 Å². The normalized spacial score (nSPS) is 19.5. The van der Waals surface area contributed by atoms with Crippen LogP contribution in [0.25, 0.3) is 64.0 Å². The summed E-state index contributed by atoms with van der Waals surface area (Å²) in [5, 5.41) is 8.17. The van der Waals surface area contributed by atoms with Crippen molar-refractivity contribution >= 4 is 53.1 Å². The summed E-state index contributed by atoms with van der Waals surface area (Å²) in [4.78, 5) is 0.